The van der Waals surface area contributed by atoms with Gasteiger partial charge in [0.15, 0.2) is 6.10 Å². The van der Waals surface area contributed by atoms with Crippen LogP contribution in [0.5, 0.6) is 0 Å². The average Bonchev–Trinajstić information content (AvgIpc) is 2.70. The Bertz CT molecular complexity index is 406. The second kappa shape index (κ2) is 21.2. The van der Waals surface area contributed by atoms with Crippen molar-refractivity contribution < 1.29 is 19.4 Å². The van der Waals surface area contributed by atoms with Crippen LogP contribution in [0.2, 0.25) is 0 Å². The summed E-state index contributed by atoms with van der Waals surface area (Å²) in [7, 11) is 0. The molecule has 0 aliphatic rings. The van der Waals surface area contributed by atoms with Gasteiger partial charge in [0.2, 0.25) is 0 Å². The third kappa shape index (κ3) is 20.2. The lowest BCUT2D eigenvalue weighted by molar-refractivity contribution is -0.164. The van der Waals surface area contributed by atoms with Crippen LogP contribution in [-0.4, -0.2) is 23.1 Å². The van der Waals surface area contributed by atoms with Gasteiger partial charge < -0.3 is 9.84 Å². The molecule has 0 amide bonds. The van der Waals surface area contributed by atoms with Gasteiger partial charge in [0.1, 0.15) is 0 Å². The quantitative estimate of drug-likeness (QED) is 0.140. The van der Waals surface area contributed by atoms with Gasteiger partial charge in [-0.2, -0.15) is 0 Å². The van der Waals surface area contributed by atoms with Gasteiger partial charge >= 0.3 is 11.9 Å². The van der Waals surface area contributed by atoms with Crippen molar-refractivity contribution in [3.05, 3.63) is 0 Å². The predicted molar refractivity (Wildman–Crippen MR) is 126 cm³/mol. The van der Waals surface area contributed by atoms with Crippen LogP contribution in [0.4, 0.5) is 0 Å². The van der Waals surface area contributed by atoms with Gasteiger partial charge in [0.25, 0.3) is 0 Å². The zero-order valence-electron chi connectivity index (χ0n) is 20.3. The highest BCUT2D eigenvalue weighted by Crippen LogP contribution is 2.15. The van der Waals surface area contributed by atoms with Gasteiger partial charge in [-0.1, -0.05) is 117 Å². The minimum atomic E-state index is -1.02. The summed E-state index contributed by atoms with van der Waals surface area (Å²) in [5.74, 6) is -0.528. The van der Waals surface area contributed by atoms with Crippen LogP contribution >= 0.6 is 0 Å². The Morgan fingerprint density at radius 3 is 1.57 bits per heavy atom. The van der Waals surface area contributed by atoms with Crippen molar-refractivity contribution in [2.24, 2.45) is 5.92 Å². The largest absolute Gasteiger partial charge is 0.479 e. The topological polar surface area (TPSA) is 63.6 Å². The summed E-state index contributed by atoms with van der Waals surface area (Å²) >= 11 is 0. The Labute approximate surface area is 186 Å². The average molecular weight is 427 g/mol. The standard InChI is InChI=1S/C26H50O4/c1-4-5-6-18-21-24(26(28)29)30-25(27)22-19-16-14-12-10-8-7-9-11-13-15-17-20-23(2)3/h23-24H,4-22H2,1-3H3,(H,28,29). The van der Waals surface area contributed by atoms with E-state index in [1.807, 2.05) is 0 Å². The summed E-state index contributed by atoms with van der Waals surface area (Å²) in [4.78, 5) is 23.1. The lowest BCUT2D eigenvalue weighted by Crippen LogP contribution is -2.27. The van der Waals surface area contributed by atoms with Crippen molar-refractivity contribution in [3.8, 4) is 0 Å². The Balaban J connectivity index is 3.47. The molecule has 0 saturated carbocycles. The van der Waals surface area contributed by atoms with Gasteiger partial charge in [-0.05, 0) is 25.2 Å². The lowest BCUT2D eigenvalue weighted by Gasteiger charge is -2.13. The van der Waals surface area contributed by atoms with Gasteiger partial charge in [0, 0.05) is 6.42 Å². The molecular formula is C26H50O4. The summed E-state index contributed by atoms with van der Waals surface area (Å²) < 4.78 is 5.17. The first-order chi connectivity index (χ1) is 14.5. The predicted octanol–water partition coefficient (Wildman–Crippen LogP) is 8.07. The Hall–Kier alpha value is -1.06. The number of esters is 1. The molecule has 0 aromatic heterocycles. The van der Waals surface area contributed by atoms with E-state index in [0.717, 1.165) is 50.9 Å². The summed E-state index contributed by atoms with van der Waals surface area (Å²) in [6, 6.07) is 0. The number of hydrogen-bond acceptors (Lipinski definition) is 3. The van der Waals surface area contributed by atoms with E-state index in [9.17, 15) is 14.7 Å². The van der Waals surface area contributed by atoms with E-state index in [0.29, 0.717) is 12.8 Å². The Kier molecular flexibility index (Phi) is 20.4. The number of carbonyl (C=O) groups is 2. The fourth-order valence-electron chi connectivity index (χ4n) is 3.80. The summed E-state index contributed by atoms with van der Waals surface area (Å²) in [5, 5.41) is 9.21. The van der Waals surface area contributed by atoms with Gasteiger partial charge in [0.05, 0.1) is 0 Å². The van der Waals surface area contributed by atoms with Crippen molar-refractivity contribution in [3.63, 3.8) is 0 Å². The van der Waals surface area contributed by atoms with E-state index in [1.54, 1.807) is 0 Å². The van der Waals surface area contributed by atoms with Gasteiger partial charge in [-0.25, -0.2) is 4.79 Å². The second-order valence-electron chi connectivity index (χ2n) is 9.34. The molecule has 0 spiro atoms. The maximum absolute atomic E-state index is 11.9. The number of hydrogen-bond donors (Lipinski definition) is 1. The normalized spacial score (nSPS) is 12.3. The molecule has 0 aliphatic carbocycles. The van der Waals surface area contributed by atoms with Gasteiger partial charge in [-0.3, -0.25) is 4.79 Å². The van der Waals surface area contributed by atoms with Crippen molar-refractivity contribution >= 4 is 11.9 Å². The number of carboxylic acids is 1. The number of ether oxygens (including phenoxy) is 1. The molecule has 0 bridgehead atoms. The third-order valence-corrected chi connectivity index (χ3v) is 5.78. The molecule has 1 N–H and O–H groups in total. The first kappa shape index (κ1) is 28.9. The highest BCUT2D eigenvalue weighted by Gasteiger charge is 2.21. The molecule has 0 saturated heterocycles. The molecule has 30 heavy (non-hydrogen) atoms. The zero-order valence-corrected chi connectivity index (χ0v) is 20.3. The number of unbranched alkanes of at least 4 members (excludes halogenated alkanes) is 14. The molecular weight excluding hydrogens is 376 g/mol. The molecule has 0 aliphatic heterocycles. The number of aliphatic carboxylic acids is 1. The molecule has 0 rings (SSSR count). The number of rotatable bonds is 22. The van der Waals surface area contributed by atoms with E-state index in [1.165, 1.54) is 64.2 Å². The maximum Gasteiger partial charge on any atom is 0.345 e. The van der Waals surface area contributed by atoms with E-state index in [4.69, 9.17) is 4.74 Å². The van der Waals surface area contributed by atoms with Crippen LogP contribution in [0.1, 0.15) is 143 Å². The van der Waals surface area contributed by atoms with Crippen molar-refractivity contribution in [2.45, 2.75) is 149 Å². The highest BCUT2D eigenvalue weighted by molar-refractivity contribution is 5.77. The molecule has 0 aromatic rings. The molecule has 1 unspecified atom stereocenters. The minimum Gasteiger partial charge on any atom is -0.479 e. The van der Waals surface area contributed by atoms with Gasteiger partial charge in [-0.15, -0.1) is 0 Å². The maximum atomic E-state index is 11.9. The molecule has 0 heterocycles. The first-order valence-electron chi connectivity index (χ1n) is 12.9. The van der Waals surface area contributed by atoms with E-state index in [2.05, 4.69) is 20.8 Å². The molecule has 178 valence electrons. The van der Waals surface area contributed by atoms with Crippen LogP contribution in [0.15, 0.2) is 0 Å². The molecule has 1 atom stereocenters. The molecule has 4 heteroatoms. The first-order valence-corrected chi connectivity index (χ1v) is 12.9. The minimum absolute atomic E-state index is 0.343. The zero-order chi connectivity index (χ0) is 22.5. The highest BCUT2D eigenvalue weighted by atomic mass is 16.6. The fourth-order valence-corrected chi connectivity index (χ4v) is 3.80. The summed E-state index contributed by atoms with van der Waals surface area (Å²) in [6.45, 7) is 6.72. The van der Waals surface area contributed by atoms with Crippen LogP contribution in [0, 0.1) is 5.92 Å². The lowest BCUT2D eigenvalue weighted by atomic mass is 10.0. The molecule has 0 aromatic carbocycles. The van der Waals surface area contributed by atoms with E-state index in [-0.39, 0.29) is 5.97 Å². The Morgan fingerprint density at radius 1 is 0.667 bits per heavy atom. The van der Waals surface area contributed by atoms with E-state index >= 15 is 0 Å². The molecule has 0 fully saturated rings. The number of carbonyl (C=O) groups excluding carboxylic acids is 1. The SMILES string of the molecule is CCCCCCC(OC(=O)CCCCCCCCCCCCCCC(C)C)C(=O)O. The second-order valence-corrected chi connectivity index (χ2v) is 9.34. The van der Waals surface area contributed by atoms with Crippen LogP contribution < -0.4 is 0 Å². The monoisotopic (exact) mass is 426 g/mol. The van der Waals surface area contributed by atoms with Crippen LogP contribution in [0.25, 0.3) is 0 Å². The third-order valence-electron chi connectivity index (χ3n) is 5.78. The summed E-state index contributed by atoms with van der Waals surface area (Å²) in [6.07, 6.45) is 20.3. The summed E-state index contributed by atoms with van der Waals surface area (Å²) in [5.41, 5.74) is 0. The van der Waals surface area contributed by atoms with Crippen molar-refractivity contribution in [2.75, 3.05) is 0 Å². The molecule has 4 nitrogen and oxygen atoms in total. The van der Waals surface area contributed by atoms with Crippen LogP contribution in [0.3, 0.4) is 0 Å². The van der Waals surface area contributed by atoms with E-state index < -0.39 is 12.1 Å². The number of carboxylic acid groups (broad SMARTS) is 1. The van der Waals surface area contributed by atoms with Crippen LogP contribution in [-0.2, 0) is 14.3 Å². The Morgan fingerprint density at radius 2 is 1.10 bits per heavy atom. The smallest absolute Gasteiger partial charge is 0.345 e. The molecule has 0 radical (unpaired) electrons. The van der Waals surface area contributed by atoms with Crippen molar-refractivity contribution in [1.29, 1.82) is 0 Å². The fraction of sp³-hybridized carbons (Fsp3) is 0.923. The van der Waals surface area contributed by atoms with Crippen molar-refractivity contribution in [1.82, 2.24) is 0 Å².